The molecular formula is C13H14N4O3. The number of nitrogens with two attached hydrogens (primary N) is 1. The molecule has 7 heteroatoms. The molecule has 1 aromatic heterocycles. The van der Waals surface area contributed by atoms with Gasteiger partial charge in [0, 0.05) is 13.6 Å². The number of carbonyl (C=O) groups is 1. The number of carbonyl (C=O) groups excluding carboxylic acids is 1. The number of hydrogen-bond acceptors (Lipinski definition) is 4. The number of aromatic amines is 1. The van der Waals surface area contributed by atoms with Crippen LogP contribution in [0.5, 0.6) is 0 Å². The van der Waals surface area contributed by atoms with Crippen LogP contribution in [0.25, 0.3) is 0 Å². The highest BCUT2D eigenvalue weighted by molar-refractivity contribution is 5.97. The topological polar surface area (TPSA) is 110 Å². The van der Waals surface area contributed by atoms with Crippen molar-refractivity contribution in [2.24, 2.45) is 12.8 Å². The van der Waals surface area contributed by atoms with Gasteiger partial charge in [-0.3, -0.25) is 19.1 Å². The van der Waals surface area contributed by atoms with Gasteiger partial charge in [-0.25, -0.2) is 4.79 Å². The number of amides is 1. The van der Waals surface area contributed by atoms with E-state index in [9.17, 15) is 14.4 Å². The first-order valence-corrected chi connectivity index (χ1v) is 5.91. The first-order valence-electron chi connectivity index (χ1n) is 5.91. The van der Waals surface area contributed by atoms with E-state index in [1.807, 2.05) is 30.3 Å². The van der Waals surface area contributed by atoms with Gasteiger partial charge in [-0.2, -0.15) is 0 Å². The predicted molar refractivity (Wildman–Crippen MR) is 74.6 cm³/mol. The molecule has 2 aromatic rings. The molecule has 0 saturated carbocycles. The highest BCUT2D eigenvalue weighted by atomic mass is 16.2. The van der Waals surface area contributed by atoms with Crippen molar-refractivity contribution in [3.8, 4) is 0 Å². The Bertz CT molecular complexity index is 746. The predicted octanol–water partition coefficient (Wildman–Crippen LogP) is -0.215. The van der Waals surface area contributed by atoms with Crippen LogP contribution in [-0.4, -0.2) is 15.5 Å². The van der Waals surface area contributed by atoms with Gasteiger partial charge in [-0.1, -0.05) is 30.3 Å². The number of benzene rings is 1. The van der Waals surface area contributed by atoms with Gasteiger partial charge in [0.2, 0.25) is 0 Å². The number of H-pyrrole nitrogens is 1. The minimum Gasteiger partial charge on any atom is -0.367 e. The summed E-state index contributed by atoms with van der Waals surface area (Å²) in [7, 11) is 1.27. The average Bonchev–Trinajstić information content (AvgIpc) is 2.43. The quantitative estimate of drug-likeness (QED) is 0.716. The van der Waals surface area contributed by atoms with Crippen LogP contribution in [0.3, 0.4) is 0 Å². The summed E-state index contributed by atoms with van der Waals surface area (Å²) < 4.78 is 0.799. The Labute approximate surface area is 114 Å². The lowest BCUT2D eigenvalue weighted by molar-refractivity contribution is 0.0998. The maximum Gasteiger partial charge on any atom is 0.329 e. The van der Waals surface area contributed by atoms with Crippen molar-refractivity contribution in [3.05, 3.63) is 62.3 Å². The van der Waals surface area contributed by atoms with Crippen LogP contribution in [0.4, 0.5) is 5.82 Å². The highest BCUT2D eigenvalue weighted by Gasteiger charge is 2.16. The largest absolute Gasteiger partial charge is 0.367 e. The maximum absolute atomic E-state index is 11.9. The molecule has 0 unspecified atom stereocenters. The fraction of sp³-hybridized carbons (Fsp3) is 0.154. The molecule has 104 valence electrons. The Hall–Kier alpha value is -2.83. The Balaban J connectivity index is 2.39. The fourth-order valence-electron chi connectivity index (χ4n) is 1.77. The van der Waals surface area contributed by atoms with Crippen molar-refractivity contribution >= 4 is 11.7 Å². The zero-order chi connectivity index (χ0) is 14.7. The van der Waals surface area contributed by atoms with Crippen LogP contribution in [0, 0.1) is 0 Å². The Morgan fingerprint density at radius 1 is 1.30 bits per heavy atom. The van der Waals surface area contributed by atoms with Crippen LogP contribution in [0.1, 0.15) is 15.9 Å². The van der Waals surface area contributed by atoms with E-state index in [0.717, 1.165) is 10.1 Å². The van der Waals surface area contributed by atoms with Gasteiger partial charge in [0.25, 0.3) is 11.5 Å². The monoisotopic (exact) mass is 274 g/mol. The van der Waals surface area contributed by atoms with E-state index in [1.165, 1.54) is 7.05 Å². The van der Waals surface area contributed by atoms with Crippen LogP contribution in [0.15, 0.2) is 39.9 Å². The van der Waals surface area contributed by atoms with Gasteiger partial charge >= 0.3 is 5.69 Å². The first-order chi connectivity index (χ1) is 9.50. The molecule has 2 rings (SSSR count). The number of hydrogen-bond donors (Lipinski definition) is 3. The first kappa shape index (κ1) is 13.6. The lowest BCUT2D eigenvalue weighted by Gasteiger charge is -2.10. The van der Waals surface area contributed by atoms with Crippen LogP contribution in [-0.2, 0) is 13.6 Å². The van der Waals surface area contributed by atoms with E-state index >= 15 is 0 Å². The summed E-state index contributed by atoms with van der Waals surface area (Å²) in [5.74, 6) is -0.855. The number of anilines is 1. The number of nitrogens with one attached hydrogen (secondary N) is 2. The SMILES string of the molecule is Cn1c(=O)[nH]c(NCc2ccccc2)c(C(N)=O)c1=O. The molecule has 0 bridgehead atoms. The number of rotatable bonds is 4. The van der Waals surface area contributed by atoms with Gasteiger partial charge in [0.15, 0.2) is 0 Å². The zero-order valence-corrected chi connectivity index (χ0v) is 10.8. The third kappa shape index (κ3) is 2.61. The number of aromatic nitrogens is 2. The van der Waals surface area contributed by atoms with Crippen molar-refractivity contribution in [3.63, 3.8) is 0 Å². The normalized spacial score (nSPS) is 10.2. The van der Waals surface area contributed by atoms with Crippen molar-refractivity contribution in [2.45, 2.75) is 6.54 Å². The molecule has 1 amide bonds. The van der Waals surface area contributed by atoms with Gasteiger partial charge in [0.1, 0.15) is 11.4 Å². The standard InChI is InChI=1S/C13H14N4O3/c1-17-12(19)9(10(14)18)11(16-13(17)20)15-7-8-5-3-2-4-6-8/h2-6,15H,7H2,1H3,(H2,14,18)(H,16,20). The highest BCUT2D eigenvalue weighted by Crippen LogP contribution is 2.07. The second-order valence-electron chi connectivity index (χ2n) is 4.25. The van der Waals surface area contributed by atoms with Crippen molar-refractivity contribution in [2.75, 3.05) is 5.32 Å². The second-order valence-corrected chi connectivity index (χ2v) is 4.25. The van der Waals surface area contributed by atoms with Crippen molar-refractivity contribution < 1.29 is 4.79 Å². The third-order valence-electron chi connectivity index (χ3n) is 2.86. The van der Waals surface area contributed by atoms with Gasteiger partial charge in [0.05, 0.1) is 0 Å². The molecular weight excluding hydrogens is 260 g/mol. The van der Waals surface area contributed by atoms with E-state index < -0.39 is 17.2 Å². The lowest BCUT2D eigenvalue weighted by atomic mass is 10.2. The minimum atomic E-state index is -0.891. The molecule has 0 aliphatic rings. The fourth-order valence-corrected chi connectivity index (χ4v) is 1.77. The Kier molecular flexibility index (Phi) is 3.69. The summed E-state index contributed by atoms with van der Waals surface area (Å²) in [6.07, 6.45) is 0. The molecule has 0 aliphatic heterocycles. The van der Waals surface area contributed by atoms with E-state index in [1.54, 1.807) is 0 Å². The zero-order valence-electron chi connectivity index (χ0n) is 10.8. The molecule has 4 N–H and O–H groups in total. The smallest absolute Gasteiger partial charge is 0.329 e. The van der Waals surface area contributed by atoms with E-state index in [2.05, 4.69) is 10.3 Å². The van der Waals surface area contributed by atoms with Crippen LogP contribution < -0.4 is 22.3 Å². The molecule has 0 atom stereocenters. The summed E-state index contributed by atoms with van der Waals surface area (Å²) in [6.45, 7) is 0.351. The average molecular weight is 274 g/mol. The number of primary amides is 1. The summed E-state index contributed by atoms with van der Waals surface area (Å²) in [4.78, 5) is 37.2. The second kappa shape index (κ2) is 5.43. The van der Waals surface area contributed by atoms with Gasteiger partial charge in [-0.05, 0) is 5.56 Å². The molecule has 1 heterocycles. The molecule has 1 aromatic carbocycles. The molecule has 0 radical (unpaired) electrons. The molecule has 0 spiro atoms. The summed E-state index contributed by atoms with van der Waals surface area (Å²) >= 11 is 0. The molecule has 0 fully saturated rings. The van der Waals surface area contributed by atoms with Crippen molar-refractivity contribution in [1.82, 2.24) is 9.55 Å². The summed E-state index contributed by atoms with van der Waals surface area (Å²) in [5.41, 5.74) is 4.52. The summed E-state index contributed by atoms with van der Waals surface area (Å²) in [6, 6.07) is 9.34. The minimum absolute atomic E-state index is 0.0365. The Morgan fingerprint density at radius 2 is 1.95 bits per heavy atom. The molecule has 20 heavy (non-hydrogen) atoms. The molecule has 0 aliphatic carbocycles. The molecule has 7 nitrogen and oxygen atoms in total. The van der Waals surface area contributed by atoms with Crippen molar-refractivity contribution in [1.29, 1.82) is 0 Å². The van der Waals surface area contributed by atoms with Crippen LogP contribution >= 0.6 is 0 Å². The van der Waals surface area contributed by atoms with Gasteiger partial charge in [-0.15, -0.1) is 0 Å². The van der Waals surface area contributed by atoms with E-state index in [0.29, 0.717) is 6.54 Å². The third-order valence-corrected chi connectivity index (χ3v) is 2.86. The lowest BCUT2D eigenvalue weighted by Crippen LogP contribution is -2.39. The Morgan fingerprint density at radius 3 is 2.55 bits per heavy atom. The maximum atomic E-state index is 11.9. The van der Waals surface area contributed by atoms with E-state index in [4.69, 9.17) is 5.73 Å². The van der Waals surface area contributed by atoms with Crippen LogP contribution in [0.2, 0.25) is 0 Å². The summed E-state index contributed by atoms with van der Waals surface area (Å²) in [5, 5.41) is 2.85. The van der Waals surface area contributed by atoms with E-state index in [-0.39, 0.29) is 11.4 Å². The van der Waals surface area contributed by atoms with Gasteiger partial charge < -0.3 is 11.1 Å². The number of nitrogens with zero attached hydrogens (tertiary/aromatic N) is 1. The molecule has 0 saturated heterocycles.